The van der Waals surface area contributed by atoms with Crippen molar-refractivity contribution in [1.29, 1.82) is 0 Å². The molecule has 1 unspecified atom stereocenters. The van der Waals surface area contributed by atoms with E-state index in [-0.39, 0.29) is 12.7 Å². The summed E-state index contributed by atoms with van der Waals surface area (Å²) in [5.41, 5.74) is 6.25. The molecule has 0 N–H and O–H groups in total. The van der Waals surface area contributed by atoms with Gasteiger partial charge < -0.3 is 9.31 Å². The van der Waals surface area contributed by atoms with Crippen molar-refractivity contribution in [3.05, 3.63) is 77.3 Å². The van der Waals surface area contributed by atoms with Gasteiger partial charge in [0.2, 0.25) is 0 Å². The Labute approximate surface area is 187 Å². The Morgan fingerprint density at radius 3 is 2.39 bits per heavy atom. The Morgan fingerprint density at radius 1 is 0.935 bits per heavy atom. The van der Waals surface area contributed by atoms with Gasteiger partial charge in [-0.25, -0.2) is 0 Å². The van der Waals surface area contributed by atoms with E-state index in [0.717, 1.165) is 12.8 Å². The zero-order chi connectivity index (χ0) is 22.0. The SMILES string of the molecule is CCOB(OC(C)(C)CC)C1=Cc2ccc(-c3ccc4ccccc4c3)cc2CC1C. The molecule has 1 aliphatic rings. The molecule has 0 heterocycles. The number of hydrogen-bond donors (Lipinski definition) is 0. The van der Waals surface area contributed by atoms with Crippen LogP contribution in [0, 0.1) is 5.92 Å². The molecule has 0 saturated heterocycles. The molecule has 4 rings (SSSR count). The number of benzene rings is 3. The van der Waals surface area contributed by atoms with Gasteiger partial charge in [-0.2, -0.15) is 0 Å². The number of fused-ring (bicyclic) bond motifs is 2. The van der Waals surface area contributed by atoms with Gasteiger partial charge in [0.15, 0.2) is 0 Å². The average molecular weight is 412 g/mol. The molecule has 1 aliphatic carbocycles. The third kappa shape index (κ3) is 4.78. The van der Waals surface area contributed by atoms with Crippen molar-refractivity contribution in [3.63, 3.8) is 0 Å². The van der Waals surface area contributed by atoms with Gasteiger partial charge in [-0.05, 0) is 84.1 Å². The Morgan fingerprint density at radius 2 is 1.65 bits per heavy atom. The second-order valence-electron chi connectivity index (χ2n) is 9.24. The van der Waals surface area contributed by atoms with Crippen LogP contribution in [0.4, 0.5) is 0 Å². The smallest absolute Gasteiger partial charge is 0.408 e. The summed E-state index contributed by atoms with van der Waals surface area (Å²) in [7, 11) is -0.289. The zero-order valence-electron chi connectivity index (χ0n) is 19.4. The molecule has 0 radical (unpaired) electrons. The van der Waals surface area contributed by atoms with Crippen LogP contribution in [0.25, 0.3) is 28.0 Å². The maximum absolute atomic E-state index is 6.40. The molecule has 3 aromatic rings. The minimum Gasteiger partial charge on any atom is -0.408 e. The minimum atomic E-state index is -0.289. The lowest BCUT2D eigenvalue weighted by Gasteiger charge is -2.32. The van der Waals surface area contributed by atoms with Gasteiger partial charge >= 0.3 is 7.12 Å². The fourth-order valence-electron chi connectivity index (χ4n) is 4.26. The molecule has 0 bridgehead atoms. The van der Waals surface area contributed by atoms with E-state index in [9.17, 15) is 0 Å². The molecule has 160 valence electrons. The fourth-order valence-corrected chi connectivity index (χ4v) is 4.26. The number of hydrogen-bond acceptors (Lipinski definition) is 2. The van der Waals surface area contributed by atoms with Crippen LogP contribution in [-0.4, -0.2) is 19.3 Å². The molecule has 0 amide bonds. The van der Waals surface area contributed by atoms with E-state index in [1.54, 1.807) is 0 Å². The molecular formula is C28H33BO2. The molecular weight excluding hydrogens is 379 g/mol. The second-order valence-corrected chi connectivity index (χ2v) is 9.24. The quantitative estimate of drug-likeness (QED) is 0.378. The minimum absolute atomic E-state index is 0.208. The first-order valence-corrected chi connectivity index (χ1v) is 11.5. The van der Waals surface area contributed by atoms with Crippen molar-refractivity contribution in [1.82, 2.24) is 0 Å². The van der Waals surface area contributed by atoms with Crippen molar-refractivity contribution in [2.24, 2.45) is 5.92 Å². The normalized spacial score (nSPS) is 16.2. The van der Waals surface area contributed by atoms with Gasteiger partial charge in [0.25, 0.3) is 0 Å². The molecule has 2 nitrogen and oxygen atoms in total. The Kier molecular flexibility index (Phi) is 6.36. The molecule has 3 aromatic carbocycles. The average Bonchev–Trinajstić information content (AvgIpc) is 2.77. The molecule has 3 heteroatoms. The summed E-state index contributed by atoms with van der Waals surface area (Å²) in [4.78, 5) is 0. The van der Waals surface area contributed by atoms with Gasteiger partial charge in [0.1, 0.15) is 0 Å². The largest absolute Gasteiger partial charge is 0.490 e. The lowest BCUT2D eigenvalue weighted by atomic mass is 9.65. The van der Waals surface area contributed by atoms with Crippen LogP contribution in [0.1, 0.15) is 52.2 Å². The third-order valence-electron chi connectivity index (χ3n) is 6.51. The van der Waals surface area contributed by atoms with Crippen LogP contribution >= 0.6 is 0 Å². The molecule has 1 atom stereocenters. The van der Waals surface area contributed by atoms with Gasteiger partial charge in [-0.3, -0.25) is 0 Å². The monoisotopic (exact) mass is 412 g/mol. The van der Waals surface area contributed by atoms with Crippen molar-refractivity contribution < 1.29 is 9.31 Å². The van der Waals surface area contributed by atoms with Crippen LogP contribution < -0.4 is 0 Å². The van der Waals surface area contributed by atoms with Crippen molar-refractivity contribution >= 4 is 24.0 Å². The van der Waals surface area contributed by atoms with E-state index in [1.165, 1.54) is 38.5 Å². The summed E-state index contributed by atoms with van der Waals surface area (Å²) < 4.78 is 12.4. The highest BCUT2D eigenvalue weighted by atomic mass is 16.6. The molecule has 31 heavy (non-hydrogen) atoms. The number of rotatable bonds is 7. The highest BCUT2D eigenvalue weighted by molar-refractivity contribution is 6.55. The van der Waals surface area contributed by atoms with E-state index in [2.05, 4.69) is 94.4 Å². The maximum Gasteiger partial charge on any atom is 0.490 e. The Balaban J connectivity index is 1.66. The predicted octanol–water partition coefficient (Wildman–Crippen LogP) is 7.35. The highest BCUT2D eigenvalue weighted by Gasteiger charge is 2.35. The molecule has 0 fully saturated rings. The van der Waals surface area contributed by atoms with Gasteiger partial charge in [0.05, 0.1) is 0 Å². The lowest BCUT2D eigenvalue weighted by molar-refractivity contribution is 0.0674. The number of allylic oxidation sites excluding steroid dienone is 1. The summed E-state index contributed by atoms with van der Waals surface area (Å²) in [6.07, 6.45) is 4.24. The van der Waals surface area contributed by atoms with E-state index in [4.69, 9.17) is 9.31 Å². The Bertz CT molecular complexity index is 1100. The first kappa shape index (κ1) is 21.9. The topological polar surface area (TPSA) is 18.5 Å². The molecule has 0 aromatic heterocycles. The molecule has 0 saturated carbocycles. The molecule has 0 aliphatic heterocycles. The summed E-state index contributed by atoms with van der Waals surface area (Å²) in [5, 5.41) is 2.56. The standard InChI is InChI=1S/C28H33BO2/c1-6-28(4,5)31-29(30-7-2)27-19-25-15-14-24(18-26(25)16-20(27)3)23-13-12-21-10-8-9-11-22(21)17-23/h8-15,17-20H,6-7,16H2,1-5H3. The summed E-state index contributed by atoms with van der Waals surface area (Å²) >= 11 is 0. The van der Waals surface area contributed by atoms with Crippen molar-refractivity contribution in [2.75, 3.05) is 6.61 Å². The lowest BCUT2D eigenvalue weighted by Crippen LogP contribution is -2.39. The summed E-state index contributed by atoms with van der Waals surface area (Å²) in [5.74, 6) is 0.378. The van der Waals surface area contributed by atoms with Crippen molar-refractivity contribution in [2.45, 2.75) is 53.1 Å². The van der Waals surface area contributed by atoms with E-state index >= 15 is 0 Å². The predicted molar refractivity (Wildman–Crippen MR) is 133 cm³/mol. The van der Waals surface area contributed by atoms with Crippen LogP contribution in [0.5, 0.6) is 0 Å². The van der Waals surface area contributed by atoms with Crippen molar-refractivity contribution in [3.8, 4) is 11.1 Å². The van der Waals surface area contributed by atoms with Gasteiger partial charge in [-0.15, -0.1) is 0 Å². The van der Waals surface area contributed by atoms with Gasteiger partial charge in [0, 0.05) is 12.2 Å². The van der Waals surface area contributed by atoms with E-state index in [0.29, 0.717) is 12.5 Å². The first-order chi connectivity index (χ1) is 14.9. The third-order valence-corrected chi connectivity index (χ3v) is 6.51. The summed E-state index contributed by atoms with van der Waals surface area (Å²) in [6, 6.07) is 22.1. The highest BCUT2D eigenvalue weighted by Crippen LogP contribution is 2.35. The fraction of sp³-hybridized carbons (Fsp3) is 0.357. The summed E-state index contributed by atoms with van der Waals surface area (Å²) in [6.45, 7) is 11.4. The first-order valence-electron chi connectivity index (χ1n) is 11.5. The molecule has 0 spiro atoms. The maximum atomic E-state index is 6.40. The van der Waals surface area contributed by atoms with E-state index in [1.807, 2.05) is 6.92 Å². The van der Waals surface area contributed by atoms with Crippen LogP contribution in [0.3, 0.4) is 0 Å². The van der Waals surface area contributed by atoms with E-state index < -0.39 is 0 Å². The van der Waals surface area contributed by atoms with Crippen LogP contribution in [-0.2, 0) is 15.7 Å². The zero-order valence-corrected chi connectivity index (χ0v) is 19.4. The Hall–Kier alpha value is -2.36. The van der Waals surface area contributed by atoms with Crippen LogP contribution in [0.2, 0.25) is 0 Å². The second kappa shape index (κ2) is 9.02. The van der Waals surface area contributed by atoms with Gasteiger partial charge in [-0.1, -0.05) is 74.5 Å². The van der Waals surface area contributed by atoms with Crippen LogP contribution in [0.15, 0.2) is 66.1 Å².